The van der Waals surface area contributed by atoms with E-state index in [0.717, 1.165) is 24.1 Å². The highest BCUT2D eigenvalue weighted by Gasteiger charge is 2.26. The summed E-state index contributed by atoms with van der Waals surface area (Å²) >= 11 is 5.86. The molecule has 118 valence electrons. The van der Waals surface area contributed by atoms with E-state index in [1.54, 1.807) is 24.4 Å². The highest BCUT2D eigenvalue weighted by atomic mass is 35.5. The van der Waals surface area contributed by atoms with Crippen LogP contribution in [0.2, 0.25) is 5.02 Å². The summed E-state index contributed by atoms with van der Waals surface area (Å²) < 4.78 is 14.8. The van der Waals surface area contributed by atoms with Crippen LogP contribution in [0.3, 0.4) is 0 Å². The normalized spacial score (nSPS) is 15.0. The molecule has 1 saturated carbocycles. The Kier molecular flexibility index (Phi) is 3.45. The van der Waals surface area contributed by atoms with Gasteiger partial charge in [0.15, 0.2) is 5.65 Å². The second kappa shape index (κ2) is 5.49. The Morgan fingerprint density at radius 3 is 2.87 bits per heavy atom. The van der Waals surface area contributed by atoms with Crippen molar-refractivity contribution in [3.8, 4) is 0 Å². The average Bonchev–Trinajstić information content (AvgIpc) is 2.93. The first-order valence-electron chi connectivity index (χ1n) is 7.66. The van der Waals surface area contributed by atoms with Gasteiger partial charge in [0, 0.05) is 30.2 Å². The summed E-state index contributed by atoms with van der Waals surface area (Å²) in [5.41, 5.74) is 2.89. The summed E-state index contributed by atoms with van der Waals surface area (Å²) in [5, 5.41) is 2.96. The van der Waals surface area contributed by atoms with Crippen molar-refractivity contribution in [1.82, 2.24) is 14.6 Å². The van der Waals surface area contributed by atoms with Gasteiger partial charge < -0.3 is 0 Å². The van der Waals surface area contributed by atoms with Gasteiger partial charge in [0.2, 0.25) is 0 Å². The first kappa shape index (κ1) is 14.5. The lowest BCUT2D eigenvalue weighted by Crippen LogP contribution is -2.26. The molecular formula is C17H15ClFN3O. The van der Waals surface area contributed by atoms with Gasteiger partial charge in [-0.2, -0.15) is 0 Å². The monoisotopic (exact) mass is 331 g/mol. The van der Waals surface area contributed by atoms with Gasteiger partial charge in [-0.3, -0.25) is 9.89 Å². The second-order valence-corrected chi connectivity index (χ2v) is 6.40. The zero-order valence-electron chi connectivity index (χ0n) is 12.4. The average molecular weight is 332 g/mol. The fraction of sp³-hybridized carbons (Fsp3) is 0.294. The van der Waals surface area contributed by atoms with E-state index in [2.05, 4.69) is 10.1 Å². The van der Waals surface area contributed by atoms with Crippen LogP contribution in [0.15, 0.2) is 35.3 Å². The number of halogens is 2. The molecule has 0 amide bonds. The molecule has 0 spiro atoms. The van der Waals surface area contributed by atoms with E-state index in [1.165, 1.54) is 17.0 Å². The van der Waals surface area contributed by atoms with Crippen molar-refractivity contribution in [2.24, 2.45) is 0 Å². The van der Waals surface area contributed by atoms with Crippen LogP contribution >= 0.6 is 11.6 Å². The molecule has 1 aliphatic rings. The van der Waals surface area contributed by atoms with Crippen molar-refractivity contribution < 1.29 is 4.39 Å². The van der Waals surface area contributed by atoms with Crippen LogP contribution < -0.4 is 5.56 Å². The summed E-state index contributed by atoms with van der Waals surface area (Å²) in [6, 6.07) is 6.36. The molecule has 4 rings (SSSR count). The van der Waals surface area contributed by atoms with Crippen molar-refractivity contribution >= 4 is 17.2 Å². The number of hydrogen-bond acceptors (Lipinski definition) is 2. The lowest BCUT2D eigenvalue weighted by Gasteiger charge is -2.26. The standard InChI is InChI=1S/C17H15ClFN3O/c18-13-9-10(4-5-14(13)19)8-12-16(11-2-1-3-11)21-15-6-7-20-22(15)17(12)23/h4-7,9,11,20H,1-3,8H2. The van der Waals surface area contributed by atoms with E-state index in [0.29, 0.717) is 23.5 Å². The topological polar surface area (TPSA) is 50.2 Å². The number of fused-ring (bicyclic) bond motifs is 1. The van der Waals surface area contributed by atoms with Gasteiger partial charge in [0.25, 0.3) is 5.56 Å². The number of hydrogen-bond donors (Lipinski definition) is 1. The van der Waals surface area contributed by atoms with Crippen LogP contribution in [0, 0.1) is 5.82 Å². The van der Waals surface area contributed by atoms with E-state index >= 15 is 0 Å². The predicted molar refractivity (Wildman–Crippen MR) is 86.6 cm³/mol. The van der Waals surface area contributed by atoms with Crippen molar-refractivity contribution in [1.29, 1.82) is 0 Å². The quantitative estimate of drug-likeness (QED) is 0.796. The summed E-state index contributed by atoms with van der Waals surface area (Å²) in [7, 11) is 0. The molecule has 0 atom stereocenters. The van der Waals surface area contributed by atoms with Crippen LogP contribution in [0.25, 0.3) is 5.65 Å². The number of aromatic nitrogens is 3. The molecule has 1 N–H and O–H groups in total. The van der Waals surface area contributed by atoms with E-state index < -0.39 is 5.82 Å². The smallest absolute Gasteiger partial charge is 0.276 e. The van der Waals surface area contributed by atoms with E-state index in [-0.39, 0.29) is 10.6 Å². The minimum Gasteiger partial charge on any atom is -0.297 e. The van der Waals surface area contributed by atoms with Crippen LogP contribution in [0.5, 0.6) is 0 Å². The van der Waals surface area contributed by atoms with Crippen LogP contribution in [-0.2, 0) is 6.42 Å². The number of aromatic amines is 1. The molecule has 2 heterocycles. The minimum atomic E-state index is -0.454. The summed E-state index contributed by atoms with van der Waals surface area (Å²) in [6.45, 7) is 0. The maximum Gasteiger partial charge on any atom is 0.276 e. The summed E-state index contributed by atoms with van der Waals surface area (Å²) in [5.74, 6) is -0.113. The van der Waals surface area contributed by atoms with Crippen LogP contribution in [0.4, 0.5) is 4.39 Å². The van der Waals surface area contributed by atoms with Gasteiger partial charge in [0.1, 0.15) is 5.82 Å². The third kappa shape index (κ3) is 2.45. The van der Waals surface area contributed by atoms with Crippen molar-refractivity contribution in [3.63, 3.8) is 0 Å². The summed E-state index contributed by atoms with van der Waals surface area (Å²) in [4.78, 5) is 17.5. The molecule has 0 unspecified atom stereocenters. The fourth-order valence-electron chi connectivity index (χ4n) is 3.05. The second-order valence-electron chi connectivity index (χ2n) is 5.99. The van der Waals surface area contributed by atoms with E-state index in [9.17, 15) is 9.18 Å². The molecule has 6 heteroatoms. The Labute approximate surface area is 136 Å². The van der Waals surface area contributed by atoms with Crippen LogP contribution in [0.1, 0.15) is 42.0 Å². The SMILES string of the molecule is O=c1c(Cc2ccc(F)c(Cl)c2)c(C2CCC2)nc2cc[nH]n12. The fourth-order valence-corrected chi connectivity index (χ4v) is 3.25. The predicted octanol–water partition coefficient (Wildman–Crippen LogP) is 3.67. The molecule has 1 fully saturated rings. The third-order valence-corrected chi connectivity index (χ3v) is 4.82. The molecule has 1 aromatic carbocycles. The Balaban J connectivity index is 1.84. The van der Waals surface area contributed by atoms with Gasteiger partial charge in [-0.1, -0.05) is 24.1 Å². The molecule has 23 heavy (non-hydrogen) atoms. The lowest BCUT2D eigenvalue weighted by atomic mass is 9.80. The summed E-state index contributed by atoms with van der Waals surface area (Å²) in [6.07, 6.45) is 5.39. The Bertz CT molecular complexity index is 943. The number of benzene rings is 1. The molecule has 1 aliphatic carbocycles. The molecule has 0 aliphatic heterocycles. The van der Waals surface area contributed by atoms with Gasteiger partial charge in [0.05, 0.1) is 10.7 Å². The van der Waals surface area contributed by atoms with Gasteiger partial charge in [-0.05, 0) is 30.5 Å². The number of nitrogens with zero attached hydrogens (tertiary/aromatic N) is 2. The maximum absolute atomic E-state index is 13.3. The van der Waals surface area contributed by atoms with Gasteiger partial charge >= 0.3 is 0 Å². The minimum absolute atomic E-state index is 0.0710. The van der Waals surface area contributed by atoms with E-state index in [1.807, 2.05) is 0 Å². The molecule has 0 bridgehead atoms. The Hall–Kier alpha value is -2.14. The number of H-pyrrole nitrogens is 1. The Morgan fingerprint density at radius 1 is 1.35 bits per heavy atom. The zero-order chi connectivity index (χ0) is 16.0. The van der Waals surface area contributed by atoms with Gasteiger partial charge in [-0.25, -0.2) is 13.9 Å². The molecule has 0 radical (unpaired) electrons. The molecule has 3 aromatic rings. The lowest BCUT2D eigenvalue weighted by molar-refractivity contribution is 0.408. The molecule has 4 nitrogen and oxygen atoms in total. The molecular weight excluding hydrogens is 317 g/mol. The van der Waals surface area contributed by atoms with Crippen LogP contribution in [-0.4, -0.2) is 14.6 Å². The van der Waals surface area contributed by atoms with Crippen molar-refractivity contribution in [2.75, 3.05) is 0 Å². The molecule has 2 aromatic heterocycles. The largest absolute Gasteiger partial charge is 0.297 e. The third-order valence-electron chi connectivity index (χ3n) is 4.53. The van der Waals surface area contributed by atoms with Gasteiger partial charge in [-0.15, -0.1) is 0 Å². The highest BCUT2D eigenvalue weighted by molar-refractivity contribution is 6.30. The maximum atomic E-state index is 13.3. The molecule has 0 saturated heterocycles. The first-order chi connectivity index (χ1) is 11.1. The highest BCUT2D eigenvalue weighted by Crippen LogP contribution is 2.37. The number of rotatable bonds is 3. The van der Waals surface area contributed by atoms with Crippen molar-refractivity contribution in [2.45, 2.75) is 31.6 Å². The first-order valence-corrected chi connectivity index (χ1v) is 8.04. The van der Waals surface area contributed by atoms with E-state index in [4.69, 9.17) is 11.6 Å². The zero-order valence-corrected chi connectivity index (χ0v) is 13.1. The Morgan fingerprint density at radius 2 is 2.17 bits per heavy atom. The van der Waals surface area contributed by atoms with Crippen molar-refractivity contribution in [3.05, 3.63) is 68.5 Å². The number of nitrogens with one attached hydrogen (secondary N) is 1.